The maximum absolute atomic E-state index is 12.6. The van der Waals surface area contributed by atoms with Gasteiger partial charge < -0.3 is 9.40 Å². The summed E-state index contributed by atoms with van der Waals surface area (Å²) in [5, 5.41) is 0.390. The quantitative estimate of drug-likeness (QED) is 0.654. The van der Waals surface area contributed by atoms with Crippen molar-refractivity contribution in [1.29, 1.82) is 0 Å². The lowest BCUT2D eigenvalue weighted by molar-refractivity contribution is -0.0586. The lowest BCUT2D eigenvalue weighted by atomic mass is 10.1. The lowest BCUT2D eigenvalue weighted by Crippen LogP contribution is -2.35. The van der Waals surface area contributed by atoms with E-state index in [2.05, 4.69) is 0 Å². The van der Waals surface area contributed by atoms with E-state index in [0.29, 0.717) is 5.06 Å². The maximum atomic E-state index is 12.6. The van der Waals surface area contributed by atoms with Crippen LogP contribution in [0.2, 0.25) is 0 Å². The van der Waals surface area contributed by atoms with E-state index >= 15 is 0 Å². The molecular weight excluding hydrogens is 360 g/mol. The van der Waals surface area contributed by atoms with Gasteiger partial charge in [0.15, 0.2) is 0 Å². The van der Waals surface area contributed by atoms with Crippen LogP contribution in [-0.2, 0) is 11.4 Å². The molecule has 0 spiro atoms. The normalized spacial score (nSPS) is 12.8. The van der Waals surface area contributed by atoms with Crippen LogP contribution >= 0.6 is 0 Å². The molecule has 0 N–H and O–H groups in total. The number of amides is 2. The minimum Gasteiger partial charge on any atom is -0.324 e. The molecule has 1 aliphatic rings. The highest BCUT2D eigenvalue weighted by atomic mass is 16.7. The number of fused-ring (bicyclic) bond motifs is 1. The minimum atomic E-state index is -1.07. The van der Waals surface area contributed by atoms with Gasteiger partial charge in [0.2, 0.25) is 0 Å². The lowest BCUT2D eigenvalue weighted by Gasteiger charge is -2.13. The minimum absolute atomic E-state index is 0.148. The van der Waals surface area contributed by atoms with Gasteiger partial charge in [-0.05, 0) is 29.8 Å². The van der Waals surface area contributed by atoms with Crippen LogP contribution in [0.3, 0.4) is 0 Å². The summed E-state index contributed by atoms with van der Waals surface area (Å²) in [6.45, 7) is 0.272. The van der Waals surface area contributed by atoms with E-state index in [1.807, 2.05) is 30.3 Å². The van der Waals surface area contributed by atoms with Gasteiger partial charge >= 0.3 is 5.97 Å². The smallest absolute Gasteiger partial charge is 0.324 e. The first-order chi connectivity index (χ1) is 13.6. The fraction of sp³-hybridized carbons (Fsp3) is 0.0476. The van der Waals surface area contributed by atoms with Gasteiger partial charge in [-0.2, -0.15) is 0 Å². The van der Waals surface area contributed by atoms with Crippen molar-refractivity contribution in [2.24, 2.45) is 0 Å². The first-order valence-electron chi connectivity index (χ1n) is 8.50. The molecule has 4 rings (SSSR count). The third-order valence-corrected chi connectivity index (χ3v) is 4.37. The third-order valence-electron chi connectivity index (χ3n) is 4.37. The van der Waals surface area contributed by atoms with Gasteiger partial charge in [0, 0.05) is 6.20 Å². The predicted octanol–water partition coefficient (Wildman–Crippen LogP) is 2.26. The SMILES string of the molecule is O=C(ON1C(=O)c2ccccc2C1=O)c1cccn(Cc2ccccc2)c1=O. The zero-order chi connectivity index (χ0) is 19.7. The van der Waals surface area contributed by atoms with E-state index < -0.39 is 23.3 Å². The average Bonchev–Trinajstić information content (AvgIpc) is 2.95. The van der Waals surface area contributed by atoms with Crippen LogP contribution in [0.15, 0.2) is 77.7 Å². The Labute approximate surface area is 159 Å². The molecule has 0 bridgehead atoms. The molecule has 0 unspecified atom stereocenters. The molecule has 1 aromatic heterocycles. The Hall–Kier alpha value is -4.00. The Morgan fingerprint density at radius 2 is 1.39 bits per heavy atom. The molecule has 2 aromatic carbocycles. The van der Waals surface area contributed by atoms with Gasteiger partial charge in [-0.3, -0.25) is 14.4 Å². The fourth-order valence-electron chi connectivity index (χ4n) is 2.98. The number of nitrogens with zero attached hydrogens (tertiary/aromatic N) is 2. The van der Waals surface area contributed by atoms with Crippen molar-refractivity contribution in [1.82, 2.24) is 9.63 Å². The average molecular weight is 374 g/mol. The highest BCUT2D eigenvalue weighted by molar-refractivity contribution is 6.21. The van der Waals surface area contributed by atoms with Crippen molar-refractivity contribution in [3.05, 3.63) is 106 Å². The standard InChI is InChI=1S/C21H14N2O5/c24-18-17(11-6-12-22(18)13-14-7-2-1-3-8-14)21(27)28-23-19(25)15-9-4-5-10-16(15)20(23)26/h1-12H,13H2. The molecule has 0 fully saturated rings. The molecule has 0 radical (unpaired) electrons. The number of carbonyl (C=O) groups is 3. The zero-order valence-electron chi connectivity index (χ0n) is 14.6. The summed E-state index contributed by atoms with van der Waals surface area (Å²) in [7, 11) is 0. The Morgan fingerprint density at radius 1 is 0.786 bits per heavy atom. The van der Waals surface area contributed by atoms with E-state index in [1.54, 1.807) is 18.3 Å². The molecule has 7 heteroatoms. The summed E-state index contributed by atoms with van der Waals surface area (Å²) in [6, 6.07) is 18.3. The van der Waals surface area contributed by atoms with Gasteiger partial charge in [-0.25, -0.2) is 4.79 Å². The summed E-state index contributed by atoms with van der Waals surface area (Å²) in [5.74, 6) is -2.55. The van der Waals surface area contributed by atoms with Crippen LogP contribution in [0, 0.1) is 0 Å². The van der Waals surface area contributed by atoms with Gasteiger partial charge in [-0.1, -0.05) is 47.5 Å². The number of benzene rings is 2. The molecule has 0 atom stereocenters. The van der Waals surface area contributed by atoms with Gasteiger partial charge in [0.05, 0.1) is 17.7 Å². The second-order valence-corrected chi connectivity index (χ2v) is 6.17. The fourth-order valence-corrected chi connectivity index (χ4v) is 2.98. The molecule has 138 valence electrons. The topological polar surface area (TPSA) is 85.7 Å². The summed E-state index contributed by atoms with van der Waals surface area (Å²) >= 11 is 0. The Kier molecular flexibility index (Phi) is 4.33. The van der Waals surface area contributed by atoms with Crippen LogP contribution in [-0.4, -0.2) is 27.4 Å². The number of pyridine rings is 1. The monoisotopic (exact) mass is 374 g/mol. The molecule has 2 amide bonds. The number of imide groups is 1. The van der Waals surface area contributed by atoms with E-state index in [0.717, 1.165) is 5.56 Å². The molecular formula is C21H14N2O5. The van der Waals surface area contributed by atoms with Crippen molar-refractivity contribution in [3.63, 3.8) is 0 Å². The number of rotatable bonds is 4. The Morgan fingerprint density at radius 3 is 2.04 bits per heavy atom. The number of aromatic nitrogens is 1. The predicted molar refractivity (Wildman–Crippen MR) is 98.6 cm³/mol. The summed E-state index contributed by atoms with van der Waals surface area (Å²) in [6.07, 6.45) is 1.55. The molecule has 7 nitrogen and oxygen atoms in total. The molecule has 0 saturated carbocycles. The first-order valence-corrected chi connectivity index (χ1v) is 8.50. The van der Waals surface area contributed by atoms with Crippen LogP contribution in [0.4, 0.5) is 0 Å². The molecule has 0 aliphatic carbocycles. The van der Waals surface area contributed by atoms with Crippen LogP contribution < -0.4 is 5.56 Å². The van der Waals surface area contributed by atoms with E-state index in [9.17, 15) is 19.2 Å². The molecule has 1 aliphatic heterocycles. The van der Waals surface area contributed by atoms with Crippen molar-refractivity contribution in [2.75, 3.05) is 0 Å². The van der Waals surface area contributed by atoms with E-state index in [1.165, 1.54) is 28.8 Å². The van der Waals surface area contributed by atoms with E-state index in [-0.39, 0.29) is 23.2 Å². The Bertz CT molecular complexity index is 1120. The maximum Gasteiger partial charge on any atom is 0.369 e. The molecule has 28 heavy (non-hydrogen) atoms. The molecule has 2 heterocycles. The molecule has 3 aromatic rings. The van der Waals surface area contributed by atoms with Crippen LogP contribution in [0.25, 0.3) is 0 Å². The van der Waals surface area contributed by atoms with Gasteiger partial charge in [0.25, 0.3) is 17.4 Å². The van der Waals surface area contributed by atoms with Crippen molar-refractivity contribution >= 4 is 17.8 Å². The van der Waals surface area contributed by atoms with Crippen LogP contribution in [0.1, 0.15) is 36.6 Å². The number of carbonyl (C=O) groups excluding carboxylic acids is 3. The van der Waals surface area contributed by atoms with E-state index in [4.69, 9.17) is 4.84 Å². The summed E-state index contributed by atoms with van der Waals surface area (Å²) < 4.78 is 1.36. The highest BCUT2D eigenvalue weighted by Crippen LogP contribution is 2.23. The Balaban J connectivity index is 1.58. The second-order valence-electron chi connectivity index (χ2n) is 6.17. The van der Waals surface area contributed by atoms with Gasteiger partial charge in [0.1, 0.15) is 5.56 Å². The van der Waals surface area contributed by atoms with Crippen molar-refractivity contribution in [2.45, 2.75) is 6.54 Å². The van der Waals surface area contributed by atoms with Crippen molar-refractivity contribution in [3.8, 4) is 0 Å². The zero-order valence-corrected chi connectivity index (χ0v) is 14.6. The van der Waals surface area contributed by atoms with Crippen LogP contribution in [0.5, 0.6) is 0 Å². The number of hydrogen-bond acceptors (Lipinski definition) is 5. The number of hydrogen-bond donors (Lipinski definition) is 0. The largest absolute Gasteiger partial charge is 0.369 e. The highest BCUT2D eigenvalue weighted by Gasteiger charge is 2.39. The number of hydroxylamine groups is 2. The van der Waals surface area contributed by atoms with Gasteiger partial charge in [-0.15, -0.1) is 0 Å². The van der Waals surface area contributed by atoms with Crippen molar-refractivity contribution < 1.29 is 19.2 Å². The third kappa shape index (κ3) is 2.99. The summed E-state index contributed by atoms with van der Waals surface area (Å²) in [5.41, 5.74) is 0.336. The molecule has 0 saturated heterocycles. The summed E-state index contributed by atoms with van der Waals surface area (Å²) in [4.78, 5) is 54.7. The second kappa shape index (κ2) is 6.96. The first kappa shape index (κ1) is 17.4.